The number of carbonyl (C=O) groups excluding carboxylic acids is 1. The van der Waals surface area contributed by atoms with Gasteiger partial charge in [-0.1, -0.05) is 42.7 Å². The molecule has 0 aliphatic heterocycles. The fourth-order valence-electron chi connectivity index (χ4n) is 3.59. The summed E-state index contributed by atoms with van der Waals surface area (Å²) in [5.41, 5.74) is 3.12. The van der Waals surface area contributed by atoms with Crippen LogP contribution in [0.25, 0.3) is 0 Å². The number of hydrogen-bond donors (Lipinski definition) is 1. The van der Waals surface area contributed by atoms with Gasteiger partial charge in [0.05, 0.1) is 18.5 Å². The summed E-state index contributed by atoms with van der Waals surface area (Å²) >= 11 is 1.94. The van der Waals surface area contributed by atoms with E-state index in [2.05, 4.69) is 5.32 Å². The van der Waals surface area contributed by atoms with Crippen molar-refractivity contribution in [2.45, 2.75) is 44.4 Å². The van der Waals surface area contributed by atoms with Crippen LogP contribution in [0.5, 0.6) is 0 Å². The molecule has 3 rings (SSSR count). The third kappa shape index (κ3) is 6.51. The van der Waals surface area contributed by atoms with Crippen LogP contribution < -0.4 is 9.62 Å². The van der Waals surface area contributed by atoms with Crippen LogP contribution in [0.1, 0.15) is 47.2 Å². The van der Waals surface area contributed by atoms with Crippen molar-refractivity contribution >= 4 is 33.4 Å². The van der Waals surface area contributed by atoms with Crippen molar-refractivity contribution in [1.82, 2.24) is 5.32 Å². The summed E-state index contributed by atoms with van der Waals surface area (Å²) in [5, 5.41) is 3.70. The maximum atomic E-state index is 12.4. The van der Waals surface area contributed by atoms with Gasteiger partial charge in [-0.25, -0.2) is 8.42 Å². The Hall–Kier alpha value is -1.99. The summed E-state index contributed by atoms with van der Waals surface area (Å²) in [6.07, 6.45) is 6.43. The summed E-state index contributed by atoms with van der Waals surface area (Å²) in [4.78, 5) is 12.4. The van der Waals surface area contributed by atoms with E-state index in [1.807, 2.05) is 43.0 Å². The molecule has 0 spiro atoms. The van der Waals surface area contributed by atoms with Gasteiger partial charge in [0.15, 0.2) is 0 Å². The Bertz CT molecular complexity index is 935. The van der Waals surface area contributed by atoms with Crippen LogP contribution in [0.3, 0.4) is 0 Å². The highest BCUT2D eigenvalue weighted by Gasteiger charge is 2.19. The van der Waals surface area contributed by atoms with E-state index < -0.39 is 10.0 Å². The van der Waals surface area contributed by atoms with Crippen LogP contribution in [-0.2, 0) is 16.6 Å². The summed E-state index contributed by atoms with van der Waals surface area (Å²) in [7, 11) is -3.46. The van der Waals surface area contributed by atoms with Crippen LogP contribution in [-0.4, -0.2) is 38.1 Å². The number of aryl methyl sites for hydroxylation is 1. The van der Waals surface area contributed by atoms with Crippen molar-refractivity contribution < 1.29 is 13.2 Å². The van der Waals surface area contributed by atoms with Gasteiger partial charge in [0.1, 0.15) is 0 Å². The molecule has 2 aromatic rings. The SMILES string of the molecule is Cc1ccc(CN(c2ccc(C(=O)NCCSC3CCCC3)cc2)S(C)(=O)=O)cc1. The summed E-state index contributed by atoms with van der Waals surface area (Å²) < 4.78 is 26.1. The van der Waals surface area contributed by atoms with Crippen LogP contribution in [0.4, 0.5) is 5.69 Å². The molecule has 1 aliphatic rings. The number of hydrogen-bond acceptors (Lipinski definition) is 4. The lowest BCUT2D eigenvalue weighted by atomic mass is 10.1. The smallest absolute Gasteiger partial charge is 0.251 e. The molecular weight excluding hydrogens is 416 g/mol. The minimum absolute atomic E-state index is 0.127. The van der Waals surface area contributed by atoms with Crippen molar-refractivity contribution in [1.29, 1.82) is 0 Å². The minimum atomic E-state index is -3.46. The molecule has 0 radical (unpaired) electrons. The largest absolute Gasteiger partial charge is 0.351 e. The topological polar surface area (TPSA) is 66.5 Å². The Morgan fingerprint density at radius 3 is 2.30 bits per heavy atom. The van der Waals surface area contributed by atoms with Gasteiger partial charge in [-0.15, -0.1) is 0 Å². The average Bonchev–Trinajstić information content (AvgIpc) is 3.23. The highest BCUT2D eigenvalue weighted by Crippen LogP contribution is 2.29. The van der Waals surface area contributed by atoms with Gasteiger partial charge in [0.25, 0.3) is 5.91 Å². The van der Waals surface area contributed by atoms with Gasteiger partial charge in [0.2, 0.25) is 10.0 Å². The molecule has 2 aromatic carbocycles. The van der Waals surface area contributed by atoms with Gasteiger partial charge < -0.3 is 5.32 Å². The number of nitrogens with one attached hydrogen (secondary N) is 1. The maximum Gasteiger partial charge on any atom is 0.251 e. The average molecular weight is 447 g/mol. The van der Waals surface area contributed by atoms with Crippen LogP contribution in [0.15, 0.2) is 48.5 Å². The molecule has 1 saturated carbocycles. The second kappa shape index (κ2) is 10.4. The van der Waals surface area contributed by atoms with E-state index in [0.717, 1.165) is 22.1 Å². The number of nitrogens with zero attached hydrogens (tertiary/aromatic N) is 1. The van der Waals surface area contributed by atoms with Crippen molar-refractivity contribution in [2.75, 3.05) is 22.9 Å². The number of anilines is 1. The Morgan fingerprint density at radius 1 is 1.07 bits per heavy atom. The van der Waals surface area contributed by atoms with E-state index in [0.29, 0.717) is 17.8 Å². The van der Waals surface area contributed by atoms with Gasteiger partial charge in [-0.3, -0.25) is 9.10 Å². The van der Waals surface area contributed by atoms with Gasteiger partial charge in [-0.2, -0.15) is 11.8 Å². The Kier molecular flexibility index (Phi) is 7.83. The molecule has 0 aromatic heterocycles. The molecule has 0 saturated heterocycles. The number of thioether (sulfide) groups is 1. The van der Waals surface area contributed by atoms with Crippen molar-refractivity contribution in [3.05, 3.63) is 65.2 Å². The molecule has 7 heteroatoms. The standard InChI is InChI=1S/C23H30N2O3S2/c1-18-7-9-19(10-8-18)17-25(30(2,27)28)21-13-11-20(12-14-21)23(26)24-15-16-29-22-5-3-4-6-22/h7-14,22H,3-6,15-17H2,1-2H3,(H,24,26). The van der Waals surface area contributed by atoms with Crippen LogP contribution in [0, 0.1) is 6.92 Å². The second-order valence-corrected chi connectivity index (χ2v) is 11.2. The number of rotatable bonds is 9. The third-order valence-electron chi connectivity index (χ3n) is 5.31. The lowest BCUT2D eigenvalue weighted by Gasteiger charge is -2.23. The summed E-state index contributed by atoms with van der Waals surface area (Å²) in [5.74, 6) is 0.797. The first-order chi connectivity index (χ1) is 14.3. The zero-order valence-electron chi connectivity index (χ0n) is 17.6. The molecule has 0 heterocycles. The molecular formula is C23H30N2O3S2. The molecule has 1 aliphatic carbocycles. The van der Waals surface area contributed by atoms with Crippen LogP contribution in [0.2, 0.25) is 0 Å². The van der Waals surface area contributed by atoms with E-state index in [1.165, 1.54) is 36.2 Å². The van der Waals surface area contributed by atoms with Crippen molar-refractivity contribution in [3.63, 3.8) is 0 Å². The first-order valence-electron chi connectivity index (χ1n) is 10.4. The molecule has 0 bridgehead atoms. The zero-order valence-corrected chi connectivity index (χ0v) is 19.3. The fraction of sp³-hybridized carbons (Fsp3) is 0.435. The lowest BCUT2D eigenvalue weighted by Crippen LogP contribution is -2.29. The van der Waals surface area contributed by atoms with E-state index in [-0.39, 0.29) is 12.5 Å². The maximum absolute atomic E-state index is 12.4. The van der Waals surface area contributed by atoms with E-state index >= 15 is 0 Å². The normalized spacial score (nSPS) is 14.6. The molecule has 1 N–H and O–H groups in total. The van der Waals surface area contributed by atoms with Crippen molar-refractivity contribution in [3.8, 4) is 0 Å². The van der Waals surface area contributed by atoms with Gasteiger partial charge >= 0.3 is 0 Å². The molecule has 0 unspecified atom stereocenters. The predicted octanol–water partition coefficient (Wildman–Crippen LogP) is 4.37. The quantitative estimate of drug-likeness (QED) is 0.581. The number of benzene rings is 2. The summed E-state index contributed by atoms with van der Waals surface area (Å²) in [6.45, 7) is 2.89. The monoisotopic (exact) mass is 446 g/mol. The van der Waals surface area contributed by atoms with E-state index in [1.54, 1.807) is 24.3 Å². The Balaban J connectivity index is 1.59. The molecule has 0 atom stereocenters. The molecule has 162 valence electrons. The van der Waals surface area contributed by atoms with E-state index in [4.69, 9.17) is 0 Å². The van der Waals surface area contributed by atoms with Crippen LogP contribution >= 0.6 is 11.8 Å². The fourth-order valence-corrected chi connectivity index (χ4v) is 5.69. The van der Waals surface area contributed by atoms with Gasteiger partial charge in [-0.05, 0) is 49.6 Å². The molecule has 30 heavy (non-hydrogen) atoms. The highest BCUT2D eigenvalue weighted by molar-refractivity contribution is 7.99. The van der Waals surface area contributed by atoms with E-state index in [9.17, 15) is 13.2 Å². The second-order valence-electron chi connectivity index (χ2n) is 7.84. The first-order valence-corrected chi connectivity index (χ1v) is 13.3. The summed E-state index contributed by atoms with van der Waals surface area (Å²) in [6, 6.07) is 14.5. The third-order valence-corrected chi connectivity index (χ3v) is 7.83. The minimum Gasteiger partial charge on any atom is -0.351 e. The Morgan fingerprint density at radius 2 is 1.70 bits per heavy atom. The predicted molar refractivity (Wildman–Crippen MR) is 126 cm³/mol. The molecule has 1 amide bonds. The highest BCUT2D eigenvalue weighted by atomic mass is 32.2. The number of carbonyl (C=O) groups is 1. The van der Waals surface area contributed by atoms with Crippen molar-refractivity contribution in [2.24, 2.45) is 0 Å². The Labute approximate surface area is 184 Å². The molecule has 1 fully saturated rings. The number of amides is 1. The zero-order chi connectivity index (χ0) is 21.6. The molecule has 5 nitrogen and oxygen atoms in total. The first kappa shape index (κ1) is 22.7. The number of sulfonamides is 1. The lowest BCUT2D eigenvalue weighted by molar-refractivity contribution is 0.0956. The van der Waals surface area contributed by atoms with Gasteiger partial charge in [0, 0.05) is 23.1 Å².